The van der Waals surface area contributed by atoms with E-state index in [1.165, 1.54) is 0 Å². The highest BCUT2D eigenvalue weighted by atomic mass is 79.9. The second kappa shape index (κ2) is 3.45. The van der Waals surface area contributed by atoms with Crippen LogP contribution in [-0.2, 0) is 20.0 Å². The summed E-state index contributed by atoms with van der Waals surface area (Å²) in [5.41, 5.74) is 2.11. The van der Waals surface area contributed by atoms with Crippen LogP contribution in [0, 0.1) is 0 Å². The number of hydrogen-bond donors (Lipinski definition) is 2. The van der Waals surface area contributed by atoms with Crippen molar-refractivity contribution in [2.45, 2.75) is 13.0 Å². The average Bonchev–Trinajstić information content (AvgIpc) is 2.30. The van der Waals surface area contributed by atoms with E-state index in [9.17, 15) is 5.11 Å². The molecule has 1 aliphatic rings. The van der Waals surface area contributed by atoms with E-state index in [1.54, 1.807) is 4.68 Å². The smallest absolute Gasteiger partial charge is 0.233 e. The largest absolute Gasteiger partial charge is 0.492 e. The lowest BCUT2D eigenvalue weighted by Crippen LogP contribution is -2.24. The Hall–Kier alpha value is -0.550. The van der Waals surface area contributed by atoms with Crippen LogP contribution in [0.3, 0.4) is 0 Å². The Labute approximate surface area is 81.3 Å². The van der Waals surface area contributed by atoms with Crippen LogP contribution in [0.2, 0.25) is 0 Å². The first-order valence-electron chi connectivity index (χ1n) is 3.73. The minimum absolute atomic E-state index is 0. The quantitative estimate of drug-likeness (QED) is 0.681. The summed E-state index contributed by atoms with van der Waals surface area (Å²) in [6.45, 7) is 1.76. The summed E-state index contributed by atoms with van der Waals surface area (Å²) in [5, 5.41) is 16.5. The van der Waals surface area contributed by atoms with Crippen LogP contribution in [0.5, 0.6) is 5.88 Å². The Morgan fingerprint density at radius 2 is 2.33 bits per heavy atom. The van der Waals surface area contributed by atoms with Crippen molar-refractivity contribution in [2.24, 2.45) is 7.05 Å². The first-order chi connectivity index (χ1) is 5.29. The van der Waals surface area contributed by atoms with Gasteiger partial charge in [-0.15, -0.1) is 22.1 Å². The van der Waals surface area contributed by atoms with Crippen molar-refractivity contribution in [1.29, 1.82) is 0 Å². The summed E-state index contributed by atoms with van der Waals surface area (Å²) in [5.74, 6) is 0.198. The predicted octanol–water partition coefficient (Wildman–Crippen LogP) is 0.349. The van der Waals surface area contributed by atoms with Crippen LogP contribution in [0.4, 0.5) is 0 Å². The van der Waals surface area contributed by atoms with E-state index < -0.39 is 0 Å². The van der Waals surface area contributed by atoms with Gasteiger partial charge in [-0.3, -0.25) is 4.68 Å². The van der Waals surface area contributed by atoms with Gasteiger partial charge in [-0.2, -0.15) is 0 Å². The molecule has 2 rings (SSSR count). The summed E-state index contributed by atoms with van der Waals surface area (Å²) in [7, 11) is 1.85. The molecule has 12 heavy (non-hydrogen) atoms. The SMILES string of the molecule is Br.Cn1nc(O)c2c1CNCC2. The summed E-state index contributed by atoms with van der Waals surface area (Å²) in [6.07, 6.45) is 0.884. The van der Waals surface area contributed by atoms with Crippen LogP contribution < -0.4 is 5.32 Å². The van der Waals surface area contributed by atoms with E-state index in [2.05, 4.69) is 10.4 Å². The second-order valence-corrected chi connectivity index (χ2v) is 2.80. The van der Waals surface area contributed by atoms with Gasteiger partial charge >= 0.3 is 0 Å². The molecule has 0 aliphatic carbocycles. The van der Waals surface area contributed by atoms with Crippen molar-refractivity contribution in [3.05, 3.63) is 11.3 Å². The molecule has 2 N–H and O–H groups in total. The maximum atomic E-state index is 9.32. The van der Waals surface area contributed by atoms with E-state index in [0.29, 0.717) is 0 Å². The molecule has 2 heterocycles. The zero-order valence-electron chi connectivity index (χ0n) is 6.87. The maximum absolute atomic E-state index is 9.32. The number of rotatable bonds is 0. The van der Waals surface area contributed by atoms with Crippen molar-refractivity contribution in [3.63, 3.8) is 0 Å². The van der Waals surface area contributed by atoms with Crippen molar-refractivity contribution in [1.82, 2.24) is 15.1 Å². The number of fused-ring (bicyclic) bond motifs is 1. The van der Waals surface area contributed by atoms with Crippen LogP contribution in [0.1, 0.15) is 11.3 Å². The van der Waals surface area contributed by atoms with Gasteiger partial charge in [-0.25, -0.2) is 0 Å². The highest BCUT2D eigenvalue weighted by Gasteiger charge is 2.17. The van der Waals surface area contributed by atoms with Crippen molar-refractivity contribution >= 4 is 17.0 Å². The number of nitrogens with one attached hydrogen (secondary N) is 1. The van der Waals surface area contributed by atoms with Gasteiger partial charge in [0, 0.05) is 19.2 Å². The molecule has 0 atom stereocenters. The Balaban J connectivity index is 0.000000720. The van der Waals surface area contributed by atoms with Gasteiger partial charge < -0.3 is 10.4 Å². The van der Waals surface area contributed by atoms with Crippen molar-refractivity contribution in [2.75, 3.05) is 6.54 Å². The Bertz CT molecular complexity index is 258. The molecule has 0 aromatic carbocycles. The van der Waals surface area contributed by atoms with E-state index >= 15 is 0 Å². The van der Waals surface area contributed by atoms with Gasteiger partial charge in [-0.1, -0.05) is 0 Å². The normalized spacial score (nSPS) is 15.1. The third-order valence-corrected chi connectivity index (χ3v) is 2.10. The van der Waals surface area contributed by atoms with E-state index in [0.717, 1.165) is 30.8 Å². The molecule has 0 saturated carbocycles. The lowest BCUT2D eigenvalue weighted by atomic mass is 10.1. The van der Waals surface area contributed by atoms with Gasteiger partial charge in [0.25, 0.3) is 0 Å². The molecule has 0 radical (unpaired) electrons. The first kappa shape index (κ1) is 9.54. The monoisotopic (exact) mass is 233 g/mol. The molecule has 0 saturated heterocycles. The Kier molecular flexibility index (Phi) is 2.74. The maximum Gasteiger partial charge on any atom is 0.233 e. The molecule has 5 heteroatoms. The summed E-state index contributed by atoms with van der Waals surface area (Å²) in [4.78, 5) is 0. The topological polar surface area (TPSA) is 50.1 Å². The lowest BCUT2D eigenvalue weighted by Gasteiger charge is -2.12. The molecule has 0 unspecified atom stereocenters. The fraction of sp³-hybridized carbons (Fsp3) is 0.571. The molecule has 0 bridgehead atoms. The van der Waals surface area contributed by atoms with Crippen LogP contribution in [-0.4, -0.2) is 21.4 Å². The van der Waals surface area contributed by atoms with Crippen molar-refractivity contribution in [3.8, 4) is 5.88 Å². The number of hydrogen-bond acceptors (Lipinski definition) is 3. The van der Waals surface area contributed by atoms with Crippen LogP contribution in [0.15, 0.2) is 0 Å². The zero-order valence-corrected chi connectivity index (χ0v) is 8.58. The lowest BCUT2D eigenvalue weighted by molar-refractivity contribution is 0.438. The first-order valence-corrected chi connectivity index (χ1v) is 3.73. The van der Waals surface area contributed by atoms with Gasteiger partial charge in [0.05, 0.1) is 5.69 Å². The molecule has 1 aromatic rings. The van der Waals surface area contributed by atoms with E-state index in [-0.39, 0.29) is 22.9 Å². The number of halogens is 1. The van der Waals surface area contributed by atoms with Crippen LogP contribution >= 0.6 is 17.0 Å². The zero-order chi connectivity index (χ0) is 7.84. The van der Waals surface area contributed by atoms with Crippen LogP contribution in [0.25, 0.3) is 0 Å². The highest BCUT2D eigenvalue weighted by molar-refractivity contribution is 8.93. The second-order valence-electron chi connectivity index (χ2n) is 2.80. The van der Waals surface area contributed by atoms with Gasteiger partial charge in [0.2, 0.25) is 5.88 Å². The number of aryl methyl sites for hydroxylation is 1. The number of nitrogens with zero attached hydrogens (tertiary/aromatic N) is 2. The van der Waals surface area contributed by atoms with Gasteiger partial charge in [-0.05, 0) is 13.0 Å². The summed E-state index contributed by atoms with van der Waals surface area (Å²) < 4.78 is 1.73. The summed E-state index contributed by atoms with van der Waals surface area (Å²) in [6, 6.07) is 0. The van der Waals surface area contributed by atoms with Crippen molar-refractivity contribution < 1.29 is 5.11 Å². The number of aromatic hydroxyl groups is 1. The molecule has 0 fully saturated rings. The molecule has 4 nitrogen and oxygen atoms in total. The average molecular weight is 234 g/mol. The van der Waals surface area contributed by atoms with E-state index in [4.69, 9.17) is 0 Å². The molecule has 1 aliphatic heterocycles. The predicted molar refractivity (Wildman–Crippen MR) is 50.6 cm³/mol. The number of aromatic nitrogens is 2. The molecular formula is C7H12BrN3O. The fourth-order valence-electron chi connectivity index (χ4n) is 1.48. The minimum Gasteiger partial charge on any atom is -0.492 e. The molecule has 1 aromatic heterocycles. The van der Waals surface area contributed by atoms with Gasteiger partial charge in [0.1, 0.15) is 0 Å². The Morgan fingerprint density at radius 3 is 3.00 bits per heavy atom. The van der Waals surface area contributed by atoms with E-state index in [1.807, 2.05) is 7.05 Å². The molecule has 68 valence electrons. The van der Waals surface area contributed by atoms with Gasteiger partial charge in [0.15, 0.2) is 0 Å². The third-order valence-electron chi connectivity index (χ3n) is 2.10. The minimum atomic E-state index is 0. The standard InChI is InChI=1S/C7H11N3O.BrH/c1-10-6-4-8-3-2-5(6)7(11)9-10;/h8H,2-4H2,1H3,(H,9,11);1H. The molecular weight excluding hydrogens is 222 g/mol. The molecule has 0 amide bonds. The Morgan fingerprint density at radius 1 is 1.58 bits per heavy atom. The third kappa shape index (κ3) is 1.34. The highest BCUT2D eigenvalue weighted by Crippen LogP contribution is 2.21. The molecule has 0 spiro atoms. The fourth-order valence-corrected chi connectivity index (χ4v) is 1.48. The summed E-state index contributed by atoms with van der Waals surface area (Å²) >= 11 is 0.